The van der Waals surface area contributed by atoms with Gasteiger partial charge in [0.25, 0.3) is 0 Å². The van der Waals surface area contributed by atoms with Crippen molar-refractivity contribution in [3.8, 4) is 17.0 Å². The summed E-state index contributed by atoms with van der Waals surface area (Å²) in [6, 6.07) is 19.9. The van der Waals surface area contributed by atoms with Crippen LogP contribution in [-0.4, -0.2) is 38.7 Å². The van der Waals surface area contributed by atoms with E-state index in [0.717, 1.165) is 5.56 Å². The quantitative estimate of drug-likeness (QED) is 0.692. The monoisotopic (exact) mass is 338 g/mol. The van der Waals surface area contributed by atoms with E-state index in [0.29, 0.717) is 11.4 Å². The second-order valence-corrected chi connectivity index (χ2v) is 5.55. The molecule has 1 unspecified atom stereocenters. The van der Waals surface area contributed by atoms with Crippen LogP contribution in [0.3, 0.4) is 0 Å². The zero-order valence-corrected chi connectivity index (χ0v) is 13.4. The van der Waals surface area contributed by atoms with Crippen molar-refractivity contribution in [2.75, 3.05) is 6.61 Å². The Balaban J connectivity index is 1.72. The van der Waals surface area contributed by atoms with Gasteiger partial charge in [0.15, 0.2) is 0 Å². The topological polar surface area (TPSA) is 84.6 Å². The number of carbonyl (C=O) groups is 1. The molecule has 128 valence electrons. The molecule has 1 heterocycles. The molecule has 3 rings (SSSR count). The molecule has 1 aromatic heterocycles. The largest absolute Gasteiger partial charge is 0.491 e. The molecule has 0 bridgehead atoms. The van der Waals surface area contributed by atoms with E-state index >= 15 is 0 Å². The molecule has 3 aromatic rings. The first-order chi connectivity index (χ1) is 12.1. The second kappa shape index (κ2) is 7.63. The summed E-state index contributed by atoms with van der Waals surface area (Å²) in [7, 11) is 0. The fraction of sp³-hybridized carbons (Fsp3) is 0.158. The predicted octanol–water partition coefficient (Wildman–Crippen LogP) is 2.69. The van der Waals surface area contributed by atoms with Crippen LogP contribution in [-0.2, 0) is 6.54 Å². The summed E-state index contributed by atoms with van der Waals surface area (Å²) in [5, 5.41) is 23.9. The number of carboxylic acid groups (broad SMARTS) is 1. The number of benzene rings is 2. The van der Waals surface area contributed by atoms with Gasteiger partial charge in [0.2, 0.25) is 0 Å². The Hall–Kier alpha value is -3.12. The van der Waals surface area contributed by atoms with Gasteiger partial charge in [-0.3, -0.25) is 4.68 Å². The van der Waals surface area contributed by atoms with E-state index in [2.05, 4.69) is 5.10 Å². The van der Waals surface area contributed by atoms with Gasteiger partial charge in [0, 0.05) is 5.56 Å². The highest BCUT2D eigenvalue weighted by atomic mass is 16.5. The van der Waals surface area contributed by atoms with Crippen molar-refractivity contribution in [1.82, 2.24) is 9.78 Å². The molecule has 2 N–H and O–H groups in total. The van der Waals surface area contributed by atoms with Gasteiger partial charge in [0.1, 0.15) is 24.2 Å². The molecule has 0 spiro atoms. The molecular weight excluding hydrogens is 320 g/mol. The number of aliphatic hydroxyl groups is 1. The van der Waals surface area contributed by atoms with Crippen LogP contribution in [0.2, 0.25) is 0 Å². The number of ether oxygens (including phenoxy) is 1. The summed E-state index contributed by atoms with van der Waals surface area (Å²) in [6.07, 6.45) is -0.887. The summed E-state index contributed by atoms with van der Waals surface area (Å²) in [6.45, 7) is 0.0743. The molecule has 25 heavy (non-hydrogen) atoms. The van der Waals surface area contributed by atoms with Gasteiger partial charge in [-0.05, 0) is 18.2 Å². The highest BCUT2D eigenvalue weighted by molar-refractivity contribution is 5.87. The first kappa shape index (κ1) is 16.7. The molecule has 6 nitrogen and oxygen atoms in total. The third-order valence-electron chi connectivity index (χ3n) is 3.64. The van der Waals surface area contributed by atoms with Gasteiger partial charge < -0.3 is 14.9 Å². The van der Waals surface area contributed by atoms with Crippen molar-refractivity contribution in [3.63, 3.8) is 0 Å². The average molecular weight is 338 g/mol. The summed E-state index contributed by atoms with van der Waals surface area (Å²) in [4.78, 5) is 11.5. The van der Waals surface area contributed by atoms with Crippen LogP contribution >= 0.6 is 0 Å². The Bertz CT molecular complexity index is 831. The molecule has 2 aromatic carbocycles. The minimum absolute atomic E-state index is 0.0256. The lowest BCUT2D eigenvalue weighted by Crippen LogP contribution is -2.26. The average Bonchev–Trinajstić information content (AvgIpc) is 3.06. The van der Waals surface area contributed by atoms with E-state index in [9.17, 15) is 15.0 Å². The van der Waals surface area contributed by atoms with Crippen molar-refractivity contribution in [1.29, 1.82) is 0 Å². The van der Waals surface area contributed by atoms with Crippen molar-refractivity contribution >= 4 is 5.97 Å². The maximum Gasteiger partial charge on any atom is 0.354 e. The third-order valence-corrected chi connectivity index (χ3v) is 3.64. The van der Waals surface area contributed by atoms with Crippen molar-refractivity contribution in [3.05, 3.63) is 72.4 Å². The Morgan fingerprint density at radius 1 is 1.08 bits per heavy atom. The minimum atomic E-state index is -1.09. The number of rotatable bonds is 7. The van der Waals surface area contributed by atoms with Crippen LogP contribution in [0.1, 0.15) is 10.5 Å². The van der Waals surface area contributed by atoms with E-state index in [1.54, 1.807) is 12.1 Å². The molecule has 1 atom stereocenters. The molecule has 0 saturated carbocycles. The standard InChI is InChI=1S/C19H18N2O4/c22-15(13-25-16-9-5-2-6-10-16)12-21-18(19(23)24)11-17(20-21)14-7-3-1-4-8-14/h1-11,15,22H,12-13H2,(H,23,24). The maximum atomic E-state index is 11.5. The fourth-order valence-corrected chi connectivity index (χ4v) is 2.44. The van der Waals surface area contributed by atoms with Crippen molar-refractivity contribution in [2.24, 2.45) is 0 Å². The molecule has 6 heteroatoms. The molecule has 0 amide bonds. The Kier molecular flexibility index (Phi) is 5.11. The highest BCUT2D eigenvalue weighted by Gasteiger charge is 2.18. The third kappa shape index (κ3) is 4.24. The first-order valence-corrected chi connectivity index (χ1v) is 7.86. The van der Waals surface area contributed by atoms with E-state index in [-0.39, 0.29) is 18.8 Å². The van der Waals surface area contributed by atoms with Crippen LogP contribution in [0, 0.1) is 0 Å². The number of aromatic carboxylic acids is 1. The zero-order valence-electron chi connectivity index (χ0n) is 13.4. The van der Waals surface area contributed by atoms with E-state index in [4.69, 9.17) is 4.74 Å². The summed E-state index contributed by atoms with van der Waals surface area (Å²) in [5.41, 5.74) is 1.39. The van der Waals surface area contributed by atoms with Gasteiger partial charge in [-0.15, -0.1) is 0 Å². The Morgan fingerprint density at radius 3 is 2.36 bits per heavy atom. The van der Waals surface area contributed by atoms with Crippen LogP contribution < -0.4 is 4.74 Å². The number of nitrogens with zero attached hydrogens (tertiary/aromatic N) is 2. The molecule has 0 aliphatic heterocycles. The smallest absolute Gasteiger partial charge is 0.354 e. The zero-order chi connectivity index (χ0) is 17.6. The second-order valence-electron chi connectivity index (χ2n) is 5.55. The van der Waals surface area contributed by atoms with Gasteiger partial charge in [-0.2, -0.15) is 5.10 Å². The van der Waals surface area contributed by atoms with E-state index < -0.39 is 12.1 Å². The van der Waals surface area contributed by atoms with Crippen LogP contribution in [0.4, 0.5) is 0 Å². The number of hydrogen-bond donors (Lipinski definition) is 2. The van der Waals surface area contributed by atoms with Gasteiger partial charge in [0.05, 0.1) is 12.2 Å². The molecule has 0 aliphatic rings. The summed E-state index contributed by atoms with van der Waals surface area (Å²) < 4.78 is 6.79. The number of aliphatic hydroxyl groups excluding tert-OH is 1. The van der Waals surface area contributed by atoms with Crippen molar-refractivity contribution in [2.45, 2.75) is 12.6 Å². The van der Waals surface area contributed by atoms with E-state index in [1.807, 2.05) is 48.5 Å². The molecule has 0 aliphatic carbocycles. The summed E-state index contributed by atoms with van der Waals surface area (Å²) >= 11 is 0. The Morgan fingerprint density at radius 2 is 1.72 bits per heavy atom. The lowest BCUT2D eigenvalue weighted by Gasteiger charge is -2.13. The molecule has 0 saturated heterocycles. The molecule has 0 radical (unpaired) electrons. The normalized spacial score (nSPS) is 11.9. The van der Waals surface area contributed by atoms with Crippen LogP contribution in [0.5, 0.6) is 5.75 Å². The van der Waals surface area contributed by atoms with Crippen LogP contribution in [0.15, 0.2) is 66.7 Å². The number of para-hydroxylation sites is 1. The predicted molar refractivity (Wildman–Crippen MR) is 92.6 cm³/mol. The highest BCUT2D eigenvalue weighted by Crippen LogP contribution is 2.19. The number of aromatic nitrogens is 2. The lowest BCUT2D eigenvalue weighted by molar-refractivity contribution is 0.0659. The number of carboxylic acids is 1. The van der Waals surface area contributed by atoms with Crippen molar-refractivity contribution < 1.29 is 19.7 Å². The van der Waals surface area contributed by atoms with Gasteiger partial charge in [-0.1, -0.05) is 48.5 Å². The maximum absolute atomic E-state index is 11.5. The Labute approximate surface area is 144 Å². The summed E-state index contributed by atoms with van der Waals surface area (Å²) in [5.74, 6) is -0.448. The van der Waals surface area contributed by atoms with Gasteiger partial charge in [-0.25, -0.2) is 4.79 Å². The fourth-order valence-electron chi connectivity index (χ4n) is 2.44. The number of hydrogen-bond acceptors (Lipinski definition) is 4. The van der Waals surface area contributed by atoms with Crippen LogP contribution in [0.25, 0.3) is 11.3 Å². The molecular formula is C19H18N2O4. The first-order valence-electron chi connectivity index (χ1n) is 7.86. The lowest BCUT2D eigenvalue weighted by atomic mass is 10.1. The van der Waals surface area contributed by atoms with Gasteiger partial charge >= 0.3 is 5.97 Å². The molecule has 0 fully saturated rings. The SMILES string of the molecule is O=C(O)c1cc(-c2ccccc2)nn1CC(O)COc1ccccc1. The van der Waals surface area contributed by atoms with E-state index in [1.165, 1.54) is 10.7 Å². The minimum Gasteiger partial charge on any atom is -0.491 e.